The van der Waals surface area contributed by atoms with Crippen LogP contribution >= 0.6 is 0 Å². The molecule has 0 spiro atoms. The van der Waals surface area contributed by atoms with Gasteiger partial charge in [-0.2, -0.15) is 0 Å². The zero-order valence-corrected chi connectivity index (χ0v) is 15.6. The van der Waals surface area contributed by atoms with E-state index in [0.717, 1.165) is 56.8 Å². The Morgan fingerprint density at radius 2 is 1.96 bits per heavy atom. The SMILES string of the molecule is COC(=O)[C@@H](c1ccccc1C)N1CCC(N2CCO[C@@H](C)C2)CC1. The van der Waals surface area contributed by atoms with E-state index in [4.69, 9.17) is 9.47 Å². The predicted octanol–water partition coefficient (Wildman–Crippen LogP) is 2.39. The van der Waals surface area contributed by atoms with E-state index in [0.29, 0.717) is 12.1 Å². The normalized spacial score (nSPS) is 24.8. The Labute approximate surface area is 150 Å². The van der Waals surface area contributed by atoms with Crippen molar-refractivity contribution in [3.05, 3.63) is 35.4 Å². The Bertz CT molecular complexity index is 584. The first kappa shape index (κ1) is 18.4. The van der Waals surface area contributed by atoms with Crippen molar-refractivity contribution < 1.29 is 14.3 Å². The first-order chi connectivity index (χ1) is 12.1. The average molecular weight is 346 g/mol. The molecule has 0 amide bonds. The summed E-state index contributed by atoms with van der Waals surface area (Å²) in [6, 6.07) is 8.42. The van der Waals surface area contributed by atoms with E-state index < -0.39 is 0 Å². The molecule has 1 aromatic rings. The first-order valence-corrected chi connectivity index (χ1v) is 9.33. The second-order valence-electron chi connectivity index (χ2n) is 7.23. The molecule has 2 atom stereocenters. The fraction of sp³-hybridized carbons (Fsp3) is 0.650. The van der Waals surface area contributed by atoms with Crippen LogP contribution in [0.4, 0.5) is 0 Å². The predicted molar refractivity (Wildman–Crippen MR) is 97.5 cm³/mol. The molecule has 0 N–H and O–H groups in total. The average Bonchev–Trinajstić information content (AvgIpc) is 2.64. The second-order valence-corrected chi connectivity index (χ2v) is 7.23. The number of likely N-dealkylation sites (tertiary alicyclic amines) is 1. The number of esters is 1. The van der Waals surface area contributed by atoms with Crippen molar-refractivity contribution in [2.75, 3.05) is 39.9 Å². The highest BCUT2D eigenvalue weighted by molar-refractivity contribution is 5.78. The van der Waals surface area contributed by atoms with Gasteiger partial charge in [-0.1, -0.05) is 24.3 Å². The van der Waals surface area contributed by atoms with Gasteiger partial charge >= 0.3 is 5.97 Å². The summed E-state index contributed by atoms with van der Waals surface area (Å²) in [7, 11) is 1.48. The molecule has 2 aliphatic rings. The van der Waals surface area contributed by atoms with Gasteiger partial charge in [-0.3, -0.25) is 9.80 Å². The third-order valence-corrected chi connectivity index (χ3v) is 5.56. The van der Waals surface area contributed by atoms with Gasteiger partial charge in [-0.15, -0.1) is 0 Å². The van der Waals surface area contributed by atoms with Crippen LogP contribution in [0.25, 0.3) is 0 Å². The van der Waals surface area contributed by atoms with Gasteiger partial charge in [0.2, 0.25) is 0 Å². The summed E-state index contributed by atoms with van der Waals surface area (Å²) in [5.74, 6) is -0.159. The number of piperidine rings is 1. The van der Waals surface area contributed by atoms with Crippen molar-refractivity contribution in [2.24, 2.45) is 0 Å². The van der Waals surface area contributed by atoms with Crippen molar-refractivity contribution in [3.63, 3.8) is 0 Å². The van der Waals surface area contributed by atoms with Crippen LogP contribution < -0.4 is 0 Å². The molecule has 5 nitrogen and oxygen atoms in total. The summed E-state index contributed by atoms with van der Waals surface area (Å²) < 4.78 is 10.8. The third kappa shape index (κ3) is 4.22. The van der Waals surface area contributed by atoms with E-state index in [2.05, 4.69) is 29.7 Å². The topological polar surface area (TPSA) is 42.0 Å². The fourth-order valence-corrected chi connectivity index (χ4v) is 4.16. The molecule has 0 aliphatic carbocycles. The van der Waals surface area contributed by atoms with Gasteiger partial charge < -0.3 is 9.47 Å². The van der Waals surface area contributed by atoms with Crippen molar-refractivity contribution in [3.8, 4) is 0 Å². The van der Waals surface area contributed by atoms with Gasteiger partial charge in [0.05, 0.1) is 19.8 Å². The molecular weight excluding hydrogens is 316 g/mol. The minimum absolute atomic E-state index is 0.159. The highest BCUT2D eigenvalue weighted by Gasteiger charge is 2.34. The summed E-state index contributed by atoms with van der Waals surface area (Å²) in [6.45, 7) is 8.92. The van der Waals surface area contributed by atoms with E-state index in [1.54, 1.807) is 0 Å². The number of hydrogen-bond donors (Lipinski definition) is 0. The molecular formula is C20H30N2O3. The number of carbonyl (C=O) groups excluding carboxylic acids is 1. The van der Waals surface area contributed by atoms with E-state index in [9.17, 15) is 4.79 Å². The zero-order valence-electron chi connectivity index (χ0n) is 15.6. The molecule has 1 aromatic carbocycles. The number of morpholine rings is 1. The minimum atomic E-state index is -0.296. The Morgan fingerprint density at radius 1 is 1.24 bits per heavy atom. The molecule has 0 bridgehead atoms. The number of rotatable bonds is 4. The molecule has 138 valence electrons. The number of ether oxygens (including phenoxy) is 2. The molecule has 0 saturated carbocycles. The Hall–Kier alpha value is -1.43. The van der Waals surface area contributed by atoms with Crippen molar-refractivity contribution in [2.45, 2.75) is 44.9 Å². The summed E-state index contributed by atoms with van der Waals surface area (Å²) in [6.07, 6.45) is 2.50. The molecule has 3 rings (SSSR count). The van der Waals surface area contributed by atoms with Crippen molar-refractivity contribution >= 4 is 5.97 Å². The van der Waals surface area contributed by atoms with Gasteiger partial charge in [0, 0.05) is 32.2 Å². The summed E-state index contributed by atoms with van der Waals surface area (Å²) in [4.78, 5) is 17.3. The molecule has 2 fully saturated rings. The maximum absolute atomic E-state index is 12.5. The van der Waals surface area contributed by atoms with Gasteiger partial charge in [0.15, 0.2) is 0 Å². The number of carbonyl (C=O) groups is 1. The van der Waals surface area contributed by atoms with Crippen molar-refractivity contribution in [1.29, 1.82) is 0 Å². The van der Waals surface area contributed by atoms with Crippen LogP contribution in [0.2, 0.25) is 0 Å². The van der Waals surface area contributed by atoms with E-state index in [1.807, 2.05) is 18.2 Å². The fourth-order valence-electron chi connectivity index (χ4n) is 4.16. The summed E-state index contributed by atoms with van der Waals surface area (Å²) >= 11 is 0. The Morgan fingerprint density at radius 3 is 2.60 bits per heavy atom. The number of benzene rings is 1. The van der Waals surface area contributed by atoms with Crippen molar-refractivity contribution in [1.82, 2.24) is 9.80 Å². The third-order valence-electron chi connectivity index (χ3n) is 5.56. The molecule has 2 saturated heterocycles. The zero-order chi connectivity index (χ0) is 17.8. The summed E-state index contributed by atoms with van der Waals surface area (Å²) in [5.41, 5.74) is 2.20. The van der Waals surface area contributed by atoms with Gasteiger partial charge in [-0.25, -0.2) is 4.79 Å². The van der Waals surface area contributed by atoms with E-state index in [-0.39, 0.29) is 12.0 Å². The Balaban J connectivity index is 1.68. The molecule has 2 heterocycles. The lowest BCUT2D eigenvalue weighted by Crippen LogP contribution is -2.52. The molecule has 2 aliphatic heterocycles. The highest BCUT2D eigenvalue weighted by atomic mass is 16.5. The van der Waals surface area contributed by atoms with E-state index in [1.165, 1.54) is 7.11 Å². The molecule has 25 heavy (non-hydrogen) atoms. The van der Waals surface area contributed by atoms with Gasteiger partial charge in [0.25, 0.3) is 0 Å². The number of methoxy groups -OCH3 is 1. The smallest absolute Gasteiger partial charge is 0.327 e. The second kappa shape index (κ2) is 8.30. The number of aryl methyl sites for hydroxylation is 1. The lowest BCUT2D eigenvalue weighted by atomic mass is 9.95. The van der Waals surface area contributed by atoms with Crippen LogP contribution in [0, 0.1) is 6.92 Å². The maximum Gasteiger partial charge on any atom is 0.327 e. The number of hydrogen-bond acceptors (Lipinski definition) is 5. The lowest BCUT2D eigenvalue weighted by Gasteiger charge is -2.43. The van der Waals surface area contributed by atoms with Crippen LogP contribution in [-0.2, 0) is 14.3 Å². The van der Waals surface area contributed by atoms with Crippen LogP contribution in [-0.4, -0.2) is 67.8 Å². The first-order valence-electron chi connectivity index (χ1n) is 9.33. The van der Waals surface area contributed by atoms with Gasteiger partial charge in [0.1, 0.15) is 6.04 Å². The van der Waals surface area contributed by atoms with Gasteiger partial charge in [-0.05, 0) is 37.8 Å². The quantitative estimate of drug-likeness (QED) is 0.783. The van der Waals surface area contributed by atoms with Crippen LogP contribution in [0.1, 0.15) is 36.9 Å². The molecule has 0 aromatic heterocycles. The van der Waals surface area contributed by atoms with E-state index >= 15 is 0 Å². The minimum Gasteiger partial charge on any atom is -0.468 e. The largest absolute Gasteiger partial charge is 0.468 e. The van der Waals surface area contributed by atoms with Crippen LogP contribution in [0.15, 0.2) is 24.3 Å². The lowest BCUT2D eigenvalue weighted by molar-refractivity contribution is -0.148. The number of nitrogens with zero attached hydrogens (tertiary/aromatic N) is 2. The molecule has 0 radical (unpaired) electrons. The standard InChI is InChI=1S/C20H30N2O3/c1-15-6-4-5-7-18(15)19(20(23)24-3)21-10-8-17(9-11-21)22-12-13-25-16(2)14-22/h4-7,16-17,19H,8-14H2,1-3H3/t16-,19+/m0/s1. The molecule has 0 unspecified atom stereocenters. The summed E-state index contributed by atoms with van der Waals surface area (Å²) in [5, 5.41) is 0. The van der Waals surface area contributed by atoms with Crippen LogP contribution in [0.5, 0.6) is 0 Å². The molecule has 5 heteroatoms. The Kier molecular flexibility index (Phi) is 6.10. The monoisotopic (exact) mass is 346 g/mol. The highest BCUT2D eigenvalue weighted by Crippen LogP contribution is 2.29. The van der Waals surface area contributed by atoms with Crippen LogP contribution in [0.3, 0.4) is 0 Å². The maximum atomic E-state index is 12.5.